The molecule has 0 bridgehead atoms. The van der Waals surface area contributed by atoms with Crippen molar-refractivity contribution in [3.05, 3.63) is 77.2 Å². The smallest absolute Gasteiger partial charge is 0.261 e. The number of hydrogen-bond acceptors (Lipinski definition) is 5. The molecule has 0 unspecified atom stereocenters. The highest BCUT2D eigenvalue weighted by atomic mass is 35.5. The molecule has 0 spiro atoms. The molecule has 29 heavy (non-hydrogen) atoms. The molecule has 150 valence electrons. The van der Waals surface area contributed by atoms with Crippen LogP contribution in [0.2, 0.25) is 5.02 Å². The maximum Gasteiger partial charge on any atom is 0.261 e. The molecule has 1 aromatic heterocycles. The van der Waals surface area contributed by atoms with Crippen LogP contribution >= 0.6 is 11.6 Å². The molecule has 0 saturated carbocycles. The van der Waals surface area contributed by atoms with Gasteiger partial charge in [0.2, 0.25) is 11.7 Å². The highest BCUT2D eigenvalue weighted by Gasteiger charge is 2.18. The van der Waals surface area contributed by atoms with Crippen LogP contribution < -0.4 is 4.74 Å². The minimum atomic E-state index is -0.198. The number of carbonyl (C=O) groups is 1. The summed E-state index contributed by atoms with van der Waals surface area (Å²) in [5.41, 5.74) is 2.91. The van der Waals surface area contributed by atoms with Crippen LogP contribution in [-0.4, -0.2) is 34.1 Å². The first-order valence-corrected chi connectivity index (χ1v) is 9.51. The van der Waals surface area contributed by atoms with Gasteiger partial charge in [0.15, 0.2) is 6.61 Å². The van der Waals surface area contributed by atoms with Crippen molar-refractivity contribution in [1.82, 2.24) is 15.0 Å². The van der Waals surface area contributed by atoms with Crippen molar-refractivity contribution >= 4 is 17.5 Å². The maximum atomic E-state index is 12.7. The number of benzene rings is 2. The maximum absolute atomic E-state index is 12.7. The summed E-state index contributed by atoms with van der Waals surface area (Å²) in [6.07, 6.45) is 1.64. The number of aromatic nitrogens is 2. The van der Waals surface area contributed by atoms with Gasteiger partial charge in [0.25, 0.3) is 5.91 Å². The minimum Gasteiger partial charge on any atom is -0.483 e. The van der Waals surface area contributed by atoms with E-state index in [-0.39, 0.29) is 19.1 Å². The summed E-state index contributed by atoms with van der Waals surface area (Å²) in [6.45, 7) is 8.10. The summed E-state index contributed by atoms with van der Waals surface area (Å²) in [5.74, 6) is 1.26. The average molecular weight is 412 g/mol. The molecule has 0 saturated heterocycles. The summed E-state index contributed by atoms with van der Waals surface area (Å²) in [5, 5.41) is 4.61. The molecule has 2 aromatic carbocycles. The average Bonchev–Trinajstić information content (AvgIpc) is 3.16. The van der Waals surface area contributed by atoms with Crippen LogP contribution in [0.25, 0.3) is 11.4 Å². The topological polar surface area (TPSA) is 68.5 Å². The van der Waals surface area contributed by atoms with Crippen LogP contribution in [0, 0.1) is 13.8 Å². The van der Waals surface area contributed by atoms with Gasteiger partial charge < -0.3 is 14.2 Å². The van der Waals surface area contributed by atoms with Gasteiger partial charge in [-0.05, 0) is 49.7 Å². The fraction of sp³-hybridized carbons (Fsp3) is 0.227. The Morgan fingerprint density at radius 3 is 2.69 bits per heavy atom. The van der Waals surface area contributed by atoms with Gasteiger partial charge in [-0.1, -0.05) is 40.5 Å². The number of ether oxygens (including phenoxy) is 1. The molecule has 0 radical (unpaired) electrons. The van der Waals surface area contributed by atoms with Crippen molar-refractivity contribution in [2.75, 3.05) is 13.2 Å². The lowest BCUT2D eigenvalue weighted by Gasteiger charge is -2.19. The molecule has 0 aliphatic carbocycles. The monoisotopic (exact) mass is 411 g/mol. The predicted molar refractivity (Wildman–Crippen MR) is 112 cm³/mol. The van der Waals surface area contributed by atoms with E-state index >= 15 is 0 Å². The Morgan fingerprint density at radius 2 is 2.00 bits per heavy atom. The van der Waals surface area contributed by atoms with Crippen LogP contribution in [-0.2, 0) is 11.3 Å². The Balaban J connectivity index is 1.65. The van der Waals surface area contributed by atoms with E-state index in [9.17, 15) is 4.79 Å². The number of amides is 1. The van der Waals surface area contributed by atoms with E-state index in [0.717, 1.165) is 16.7 Å². The molecule has 3 aromatic rings. The van der Waals surface area contributed by atoms with Crippen LogP contribution in [0.15, 0.2) is 59.6 Å². The van der Waals surface area contributed by atoms with Crippen LogP contribution in [0.5, 0.6) is 5.75 Å². The van der Waals surface area contributed by atoms with Crippen molar-refractivity contribution in [3.63, 3.8) is 0 Å². The first kappa shape index (κ1) is 20.6. The standard InChI is InChI=1S/C22H22ClN3O3/c1-4-11-26(21(27)14-28-19-10-5-15(2)12-16(19)3)13-20-24-22(25-29-20)17-6-8-18(23)9-7-17/h4-10,12H,1,11,13-14H2,2-3H3. The Bertz CT molecular complexity index is 999. The van der Waals surface area contributed by atoms with Gasteiger partial charge in [0, 0.05) is 17.1 Å². The lowest BCUT2D eigenvalue weighted by molar-refractivity contribution is -0.133. The van der Waals surface area contributed by atoms with Gasteiger partial charge in [-0.3, -0.25) is 4.79 Å². The van der Waals surface area contributed by atoms with E-state index in [2.05, 4.69) is 16.7 Å². The van der Waals surface area contributed by atoms with E-state index in [1.165, 1.54) is 0 Å². The first-order chi connectivity index (χ1) is 14.0. The van der Waals surface area contributed by atoms with Crippen molar-refractivity contribution in [1.29, 1.82) is 0 Å². The SMILES string of the molecule is C=CCN(Cc1nc(-c2ccc(Cl)cc2)no1)C(=O)COc1ccc(C)cc1C. The van der Waals surface area contributed by atoms with Gasteiger partial charge in [0.1, 0.15) is 12.3 Å². The summed E-state index contributed by atoms with van der Waals surface area (Å²) in [6, 6.07) is 13.0. The molecule has 0 aliphatic rings. The third-order valence-corrected chi connectivity index (χ3v) is 4.53. The summed E-state index contributed by atoms with van der Waals surface area (Å²) < 4.78 is 11.0. The zero-order chi connectivity index (χ0) is 20.8. The van der Waals surface area contributed by atoms with Crippen molar-refractivity contribution in [2.45, 2.75) is 20.4 Å². The number of halogens is 1. The highest BCUT2D eigenvalue weighted by Crippen LogP contribution is 2.20. The van der Waals surface area contributed by atoms with E-state index < -0.39 is 0 Å². The van der Waals surface area contributed by atoms with Crippen LogP contribution in [0.4, 0.5) is 0 Å². The van der Waals surface area contributed by atoms with Crippen LogP contribution in [0.3, 0.4) is 0 Å². The molecule has 1 heterocycles. The van der Waals surface area contributed by atoms with E-state index in [4.69, 9.17) is 20.9 Å². The summed E-state index contributed by atoms with van der Waals surface area (Å²) >= 11 is 5.90. The molecule has 0 N–H and O–H groups in total. The fourth-order valence-corrected chi connectivity index (χ4v) is 2.93. The van der Waals surface area contributed by atoms with Gasteiger partial charge in [-0.25, -0.2) is 0 Å². The first-order valence-electron chi connectivity index (χ1n) is 9.13. The molecule has 0 atom stereocenters. The summed E-state index contributed by atoms with van der Waals surface area (Å²) in [7, 11) is 0. The molecular weight excluding hydrogens is 390 g/mol. The second kappa shape index (κ2) is 9.39. The highest BCUT2D eigenvalue weighted by molar-refractivity contribution is 6.30. The summed E-state index contributed by atoms with van der Waals surface area (Å²) in [4.78, 5) is 18.6. The predicted octanol–water partition coefficient (Wildman–Crippen LogP) is 4.60. The zero-order valence-corrected chi connectivity index (χ0v) is 17.1. The molecule has 3 rings (SSSR count). The Morgan fingerprint density at radius 1 is 1.24 bits per heavy atom. The molecule has 0 aliphatic heterocycles. The third-order valence-electron chi connectivity index (χ3n) is 4.28. The lowest BCUT2D eigenvalue weighted by atomic mass is 10.1. The Kier molecular flexibility index (Phi) is 6.67. The number of nitrogens with zero attached hydrogens (tertiary/aromatic N) is 3. The van der Waals surface area contributed by atoms with Crippen LogP contribution in [0.1, 0.15) is 17.0 Å². The lowest BCUT2D eigenvalue weighted by Crippen LogP contribution is -2.34. The third kappa shape index (κ3) is 5.45. The van der Waals surface area contributed by atoms with Crippen molar-refractivity contribution < 1.29 is 14.1 Å². The second-order valence-corrected chi connectivity index (χ2v) is 7.08. The van der Waals surface area contributed by atoms with E-state index in [0.29, 0.717) is 29.0 Å². The second-order valence-electron chi connectivity index (χ2n) is 6.64. The van der Waals surface area contributed by atoms with Gasteiger partial charge in [0.05, 0.1) is 0 Å². The normalized spacial score (nSPS) is 10.6. The minimum absolute atomic E-state index is 0.0874. The number of hydrogen-bond donors (Lipinski definition) is 0. The number of rotatable bonds is 8. The molecule has 7 heteroatoms. The number of aryl methyl sites for hydroxylation is 2. The van der Waals surface area contributed by atoms with Gasteiger partial charge >= 0.3 is 0 Å². The quantitative estimate of drug-likeness (QED) is 0.506. The number of carbonyl (C=O) groups excluding carboxylic acids is 1. The Labute approximate surface area is 174 Å². The van der Waals surface area contributed by atoms with Crippen molar-refractivity contribution in [2.24, 2.45) is 0 Å². The molecular formula is C22H22ClN3O3. The fourth-order valence-electron chi connectivity index (χ4n) is 2.80. The van der Waals surface area contributed by atoms with Crippen molar-refractivity contribution in [3.8, 4) is 17.1 Å². The largest absolute Gasteiger partial charge is 0.483 e. The molecule has 6 nitrogen and oxygen atoms in total. The molecule has 1 amide bonds. The van der Waals surface area contributed by atoms with Gasteiger partial charge in [-0.2, -0.15) is 4.98 Å². The van der Waals surface area contributed by atoms with Gasteiger partial charge in [-0.15, -0.1) is 6.58 Å². The molecule has 0 fully saturated rings. The van der Waals surface area contributed by atoms with E-state index in [1.807, 2.05) is 32.0 Å². The van der Waals surface area contributed by atoms with E-state index in [1.54, 1.807) is 35.2 Å². The zero-order valence-electron chi connectivity index (χ0n) is 16.4. The Hall–Kier alpha value is -3.12.